The zero-order chi connectivity index (χ0) is 14.8. The number of rotatable bonds is 3. The second-order valence-corrected chi connectivity index (χ2v) is 5.48. The molecule has 0 aromatic carbocycles. The molecule has 0 aliphatic heterocycles. The van der Waals surface area contributed by atoms with E-state index in [1.807, 2.05) is 11.7 Å². The maximum absolute atomic E-state index is 12.4. The Morgan fingerprint density at radius 1 is 1.48 bits per heavy atom. The second-order valence-electron chi connectivity index (χ2n) is 5.13. The molecule has 6 nitrogen and oxygen atoms in total. The van der Waals surface area contributed by atoms with Crippen molar-refractivity contribution in [2.24, 2.45) is 7.05 Å². The first kappa shape index (κ1) is 14.0. The van der Waals surface area contributed by atoms with E-state index in [4.69, 9.17) is 11.6 Å². The molecule has 7 heteroatoms. The van der Waals surface area contributed by atoms with E-state index in [-0.39, 0.29) is 18.4 Å². The van der Waals surface area contributed by atoms with E-state index in [9.17, 15) is 4.79 Å². The van der Waals surface area contributed by atoms with Gasteiger partial charge in [-0.25, -0.2) is 4.98 Å². The van der Waals surface area contributed by atoms with Gasteiger partial charge in [-0.05, 0) is 19.3 Å². The average Bonchev–Trinajstić information content (AvgIpc) is 2.88. The van der Waals surface area contributed by atoms with Gasteiger partial charge in [0, 0.05) is 30.7 Å². The van der Waals surface area contributed by atoms with E-state index < -0.39 is 0 Å². The van der Waals surface area contributed by atoms with Gasteiger partial charge in [0.2, 0.25) is 5.91 Å². The maximum atomic E-state index is 12.4. The van der Waals surface area contributed by atoms with Gasteiger partial charge in [-0.3, -0.25) is 14.5 Å². The Morgan fingerprint density at radius 3 is 3.10 bits per heavy atom. The maximum Gasteiger partial charge on any atom is 0.227 e. The predicted octanol–water partition coefficient (Wildman–Crippen LogP) is 1.60. The summed E-state index contributed by atoms with van der Waals surface area (Å²) in [5, 5.41) is 7.48. The molecule has 2 heterocycles. The van der Waals surface area contributed by atoms with Crippen molar-refractivity contribution < 1.29 is 4.79 Å². The van der Waals surface area contributed by atoms with Crippen LogP contribution in [0, 0.1) is 0 Å². The molecule has 110 valence electrons. The zero-order valence-corrected chi connectivity index (χ0v) is 12.5. The molecule has 1 amide bonds. The van der Waals surface area contributed by atoms with Gasteiger partial charge in [0.1, 0.15) is 0 Å². The summed E-state index contributed by atoms with van der Waals surface area (Å²) in [4.78, 5) is 20.5. The SMILES string of the molecule is Cn1ncc2c1CCCC2C(=O)NCc1nccnc1Cl. The van der Waals surface area contributed by atoms with Crippen LogP contribution in [0.2, 0.25) is 5.15 Å². The molecule has 0 saturated heterocycles. The van der Waals surface area contributed by atoms with Crippen LogP contribution in [-0.2, 0) is 24.8 Å². The third-order valence-electron chi connectivity index (χ3n) is 3.85. The number of hydrogen-bond donors (Lipinski definition) is 1. The molecular formula is C14H16ClN5O. The summed E-state index contributed by atoms with van der Waals surface area (Å²) >= 11 is 5.94. The highest BCUT2D eigenvalue weighted by Crippen LogP contribution is 2.31. The lowest BCUT2D eigenvalue weighted by Crippen LogP contribution is -2.31. The van der Waals surface area contributed by atoms with E-state index in [0.29, 0.717) is 10.8 Å². The fraction of sp³-hybridized carbons (Fsp3) is 0.429. The zero-order valence-electron chi connectivity index (χ0n) is 11.7. The molecule has 1 aliphatic rings. The van der Waals surface area contributed by atoms with E-state index in [1.165, 1.54) is 6.20 Å². The molecule has 0 spiro atoms. The fourth-order valence-corrected chi connectivity index (χ4v) is 2.91. The van der Waals surface area contributed by atoms with Crippen molar-refractivity contribution in [2.45, 2.75) is 31.7 Å². The lowest BCUT2D eigenvalue weighted by atomic mass is 9.86. The molecular weight excluding hydrogens is 290 g/mol. The Balaban J connectivity index is 1.71. The van der Waals surface area contributed by atoms with Gasteiger partial charge in [-0.2, -0.15) is 5.10 Å². The van der Waals surface area contributed by atoms with Gasteiger partial charge >= 0.3 is 0 Å². The first-order valence-electron chi connectivity index (χ1n) is 6.90. The number of hydrogen-bond acceptors (Lipinski definition) is 4. The van der Waals surface area contributed by atoms with Gasteiger partial charge in [0.05, 0.1) is 24.4 Å². The second kappa shape index (κ2) is 5.81. The molecule has 1 unspecified atom stereocenters. The first-order valence-corrected chi connectivity index (χ1v) is 7.28. The monoisotopic (exact) mass is 305 g/mol. The van der Waals surface area contributed by atoms with Gasteiger partial charge in [0.15, 0.2) is 5.15 Å². The van der Waals surface area contributed by atoms with Crippen LogP contribution in [0.4, 0.5) is 0 Å². The van der Waals surface area contributed by atoms with Crippen LogP contribution in [0.15, 0.2) is 18.6 Å². The number of amides is 1. The summed E-state index contributed by atoms with van der Waals surface area (Å²) < 4.78 is 1.86. The van der Waals surface area contributed by atoms with E-state index in [1.54, 1.807) is 12.4 Å². The van der Waals surface area contributed by atoms with Gasteiger partial charge in [-0.15, -0.1) is 0 Å². The molecule has 0 fully saturated rings. The Kier molecular flexibility index (Phi) is 3.88. The molecule has 3 rings (SSSR count). The fourth-order valence-electron chi connectivity index (χ4n) is 2.74. The highest BCUT2D eigenvalue weighted by atomic mass is 35.5. The summed E-state index contributed by atoms with van der Waals surface area (Å²) in [6.07, 6.45) is 7.71. The van der Waals surface area contributed by atoms with Gasteiger partial charge in [0.25, 0.3) is 0 Å². The molecule has 1 aliphatic carbocycles. The third kappa shape index (κ3) is 2.76. The normalized spacial score (nSPS) is 17.3. The quantitative estimate of drug-likeness (QED) is 0.935. The minimum atomic E-state index is -0.141. The molecule has 0 bridgehead atoms. The summed E-state index contributed by atoms with van der Waals surface area (Å²) in [7, 11) is 1.92. The molecule has 2 aromatic heterocycles. The lowest BCUT2D eigenvalue weighted by Gasteiger charge is -2.22. The number of fused-ring (bicyclic) bond motifs is 1. The Bertz CT molecular complexity index is 669. The Hall–Kier alpha value is -1.95. The Labute approximate surface area is 127 Å². The van der Waals surface area contributed by atoms with Crippen molar-refractivity contribution in [1.29, 1.82) is 0 Å². The van der Waals surface area contributed by atoms with E-state index in [0.717, 1.165) is 30.5 Å². The van der Waals surface area contributed by atoms with Crippen LogP contribution in [0.25, 0.3) is 0 Å². The topological polar surface area (TPSA) is 72.7 Å². The lowest BCUT2D eigenvalue weighted by molar-refractivity contribution is -0.123. The number of halogens is 1. The van der Waals surface area contributed by atoms with Crippen LogP contribution >= 0.6 is 11.6 Å². The minimum absolute atomic E-state index is 0.00864. The molecule has 2 aromatic rings. The smallest absolute Gasteiger partial charge is 0.227 e. The standard InChI is InChI=1S/C14H16ClN5O/c1-20-12-4-2-3-9(10(12)7-19-20)14(21)18-8-11-13(15)17-6-5-16-11/h5-7,9H,2-4,8H2,1H3,(H,18,21). The summed E-state index contributed by atoms with van der Waals surface area (Å²) in [6.45, 7) is 0.289. The summed E-state index contributed by atoms with van der Waals surface area (Å²) in [5.41, 5.74) is 2.76. The number of carbonyl (C=O) groups is 1. The van der Waals surface area contributed by atoms with Crippen molar-refractivity contribution in [3.05, 3.63) is 40.7 Å². The molecule has 21 heavy (non-hydrogen) atoms. The highest BCUT2D eigenvalue weighted by molar-refractivity contribution is 6.29. The number of aryl methyl sites for hydroxylation is 1. The van der Waals surface area contributed by atoms with Crippen molar-refractivity contribution in [1.82, 2.24) is 25.1 Å². The van der Waals surface area contributed by atoms with Crippen LogP contribution in [-0.4, -0.2) is 25.7 Å². The largest absolute Gasteiger partial charge is 0.350 e. The van der Waals surface area contributed by atoms with Crippen LogP contribution in [0.5, 0.6) is 0 Å². The number of aromatic nitrogens is 4. The van der Waals surface area contributed by atoms with E-state index in [2.05, 4.69) is 20.4 Å². The predicted molar refractivity (Wildman–Crippen MR) is 77.8 cm³/mol. The van der Waals surface area contributed by atoms with Crippen LogP contribution in [0.3, 0.4) is 0 Å². The number of carbonyl (C=O) groups excluding carboxylic acids is 1. The van der Waals surface area contributed by atoms with E-state index >= 15 is 0 Å². The number of nitrogens with one attached hydrogen (secondary N) is 1. The van der Waals surface area contributed by atoms with Crippen molar-refractivity contribution in [2.75, 3.05) is 0 Å². The molecule has 0 saturated carbocycles. The number of nitrogens with zero attached hydrogens (tertiary/aromatic N) is 4. The highest BCUT2D eigenvalue weighted by Gasteiger charge is 2.28. The summed E-state index contributed by atoms with van der Waals surface area (Å²) in [5.74, 6) is -0.149. The Morgan fingerprint density at radius 2 is 2.29 bits per heavy atom. The molecule has 0 radical (unpaired) electrons. The first-order chi connectivity index (χ1) is 10.2. The third-order valence-corrected chi connectivity index (χ3v) is 4.16. The van der Waals surface area contributed by atoms with Crippen molar-refractivity contribution in [3.63, 3.8) is 0 Å². The molecule has 1 N–H and O–H groups in total. The minimum Gasteiger partial charge on any atom is -0.350 e. The van der Waals surface area contributed by atoms with Crippen molar-refractivity contribution >= 4 is 17.5 Å². The van der Waals surface area contributed by atoms with Crippen molar-refractivity contribution in [3.8, 4) is 0 Å². The average molecular weight is 306 g/mol. The summed E-state index contributed by atoms with van der Waals surface area (Å²) in [6, 6.07) is 0. The molecule has 1 atom stereocenters. The van der Waals surface area contributed by atoms with Crippen LogP contribution in [0.1, 0.15) is 35.7 Å². The van der Waals surface area contributed by atoms with Gasteiger partial charge < -0.3 is 5.32 Å². The van der Waals surface area contributed by atoms with Gasteiger partial charge in [-0.1, -0.05) is 11.6 Å². The van der Waals surface area contributed by atoms with Crippen LogP contribution < -0.4 is 5.32 Å².